The molecule has 2 N–H and O–H groups in total. The van der Waals surface area contributed by atoms with Gasteiger partial charge in [-0.15, -0.1) is 0 Å². The van der Waals surface area contributed by atoms with Crippen LogP contribution in [0.25, 0.3) is 0 Å². The van der Waals surface area contributed by atoms with Gasteiger partial charge in [0.05, 0.1) is 11.5 Å². The van der Waals surface area contributed by atoms with Gasteiger partial charge in [0.15, 0.2) is 0 Å². The van der Waals surface area contributed by atoms with E-state index in [-0.39, 0.29) is 17.2 Å². The third kappa shape index (κ3) is 2.48. The molecule has 0 spiro atoms. The summed E-state index contributed by atoms with van der Waals surface area (Å²) in [7, 11) is -3.36. The highest BCUT2D eigenvalue weighted by atomic mass is 32.2. The summed E-state index contributed by atoms with van der Waals surface area (Å²) in [6.07, 6.45) is 7.89. The number of hydrogen-bond acceptors (Lipinski definition) is 4. The Morgan fingerprint density at radius 1 is 1.23 bits per heavy atom. The first-order valence-corrected chi connectivity index (χ1v) is 10.2. The van der Waals surface area contributed by atoms with Crippen molar-refractivity contribution in [2.45, 2.75) is 71.3 Å². The Morgan fingerprint density at radius 3 is 2.50 bits per heavy atom. The average Bonchev–Trinajstić information content (AvgIpc) is 2.81. The van der Waals surface area contributed by atoms with Crippen LogP contribution in [-0.4, -0.2) is 31.1 Å². The fourth-order valence-electron chi connectivity index (χ4n) is 5.11. The fraction of sp³-hybridized carbons (Fsp3) is 0.938. The van der Waals surface area contributed by atoms with Crippen molar-refractivity contribution in [2.24, 2.45) is 21.9 Å². The summed E-state index contributed by atoms with van der Waals surface area (Å²) >= 11 is 0. The average molecular weight is 328 g/mol. The van der Waals surface area contributed by atoms with Crippen LogP contribution in [0.15, 0.2) is 5.16 Å². The molecule has 2 atom stereocenters. The zero-order valence-electron chi connectivity index (χ0n) is 13.6. The maximum atomic E-state index is 12.7. The normalized spacial score (nSPS) is 37.0. The summed E-state index contributed by atoms with van der Waals surface area (Å²) in [6, 6.07) is 0.0892. The van der Waals surface area contributed by atoms with Crippen LogP contribution >= 0.6 is 0 Å². The van der Waals surface area contributed by atoms with Crippen LogP contribution in [0.3, 0.4) is 0 Å². The molecule has 3 aliphatic carbocycles. The molecule has 22 heavy (non-hydrogen) atoms. The molecule has 0 aromatic rings. The molecule has 0 aromatic carbocycles. The molecule has 0 saturated heterocycles. The molecule has 0 aromatic heterocycles. The van der Waals surface area contributed by atoms with Crippen molar-refractivity contribution in [3.63, 3.8) is 0 Å². The lowest BCUT2D eigenvalue weighted by Crippen LogP contribution is -2.47. The SMILES string of the molecule is CC1(C)C2CCC1(CS(=O)(=O)NC1CCCCC1)C(=NO)C2. The minimum Gasteiger partial charge on any atom is -0.411 e. The maximum absolute atomic E-state index is 12.7. The maximum Gasteiger partial charge on any atom is 0.212 e. The Morgan fingerprint density at radius 2 is 1.91 bits per heavy atom. The quantitative estimate of drug-likeness (QED) is 0.615. The summed E-state index contributed by atoms with van der Waals surface area (Å²) in [5, 5.41) is 12.9. The monoisotopic (exact) mass is 328 g/mol. The Kier molecular flexibility index (Phi) is 4.05. The van der Waals surface area contributed by atoms with Crippen molar-refractivity contribution in [2.75, 3.05) is 5.75 Å². The molecule has 3 fully saturated rings. The van der Waals surface area contributed by atoms with Gasteiger partial charge in [-0.3, -0.25) is 0 Å². The molecule has 0 heterocycles. The lowest BCUT2D eigenvalue weighted by molar-refractivity contribution is 0.192. The standard InChI is InChI=1S/C16H28N2O3S/c1-15(2)12-8-9-16(15,14(10-12)17-19)11-22(20,21)18-13-6-4-3-5-7-13/h12-13,18-19H,3-11H2,1-2H3. The number of nitrogens with zero attached hydrogens (tertiary/aromatic N) is 1. The van der Waals surface area contributed by atoms with E-state index in [9.17, 15) is 13.6 Å². The van der Waals surface area contributed by atoms with E-state index >= 15 is 0 Å². The van der Waals surface area contributed by atoms with Gasteiger partial charge in [-0.2, -0.15) is 0 Å². The lowest BCUT2D eigenvalue weighted by Gasteiger charge is -2.38. The highest BCUT2D eigenvalue weighted by molar-refractivity contribution is 7.89. The molecule has 2 unspecified atom stereocenters. The fourth-order valence-corrected chi connectivity index (χ4v) is 7.27. The summed E-state index contributed by atoms with van der Waals surface area (Å²) in [5.74, 6) is 0.502. The molecule has 0 amide bonds. The molecule has 3 aliphatic rings. The van der Waals surface area contributed by atoms with Crippen LogP contribution in [0.5, 0.6) is 0 Å². The zero-order valence-corrected chi connectivity index (χ0v) is 14.5. The van der Waals surface area contributed by atoms with E-state index in [4.69, 9.17) is 0 Å². The van der Waals surface area contributed by atoms with Crippen molar-refractivity contribution in [1.82, 2.24) is 4.72 Å². The van der Waals surface area contributed by atoms with E-state index in [2.05, 4.69) is 23.7 Å². The predicted molar refractivity (Wildman–Crippen MR) is 86.6 cm³/mol. The largest absolute Gasteiger partial charge is 0.411 e. The van der Waals surface area contributed by atoms with Crippen molar-refractivity contribution in [3.8, 4) is 0 Å². The van der Waals surface area contributed by atoms with E-state index in [1.54, 1.807) is 0 Å². The lowest BCUT2D eigenvalue weighted by atomic mass is 9.70. The van der Waals surface area contributed by atoms with Gasteiger partial charge in [0.1, 0.15) is 0 Å². The van der Waals surface area contributed by atoms with Gasteiger partial charge in [-0.1, -0.05) is 38.3 Å². The zero-order chi connectivity index (χ0) is 16.0. The molecular formula is C16H28N2O3S. The summed E-state index contributed by atoms with van der Waals surface area (Å²) in [4.78, 5) is 0. The van der Waals surface area contributed by atoms with Crippen molar-refractivity contribution < 1.29 is 13.6 Å². The second kappa shape index (κ2) is 5.48. The van der Waals surface area contributed by atoms with Crippen LogP contribution in [0.2, 0.25) is 0 Å². The summed E-state index contributed by atoms with van der Waals surface area (Å²) < 4.78 is 28.4. The highest BCUT2D eigenvalue weighted by Gasteiger charge is 2.64. The summed E-state index contributed by atoms with van der Waals surface area (Å²) in [6.45, 7) is 4.28. The van der Waals surface area contributed by atoms with E-state index in [0.717, 1.165) is 44.9 Å². The third-order valence-corrected chi connectivity index (χ3v) is 8.24. The van der Waals surface area contributed by atoms with Gasteiger partial charge in [-0.05, 0) is 43.4 Å². The first-order chi connectivity index (χ1) is 10.3. The highest BCUT2D eigenvalue weighted by Crippen LogP contribution is 2.64. The van der Waals surface area contributed by atoms with Gasteiger partial charge in [0.2, 0.25) is 10.0 Å². The first kappa shape index (κ1) is 16.2. The van der Waals surface area contributed by atoms with Crippen LogP contribution in [0.4, 0.5) is 0 Å². The number of hydrogen-bond donors (Lipinski definition) is 2. The molecule has 3 saturated carbocycles. The number of rotatable bonds is 4. The summed E-state index contributed by atoms with van der Waals surface area (Å²) in [5.41, 5.74) is 0.0887. The molecule has 126 valence electrons. The van der Waals surface area contributed by atoms with E-state index in [1.807, 2.05) is 0 Å². The molecule has 2 bridgehead atoms. The second-order valence-electron chi connectivity index (χ2n) is 8.00. The van der Waals surface area contributed by atoms with Crippen LogP contribution < -0.4 is 4.72 Å². The topological polar surface area (TPSA) is 78.8 Å². The number of nitrogens with one attached hydrogen (secondary N) is 1. The Labute approximate surface area is 133 Å². The van der Waals surface area contributed by atoms with E-state index < -0.39 is 15.4 Å². The van der Waals surface area contributed by atoms with Gasteiger partial charge >= 0.3 is 0 Å². The van der Waals surface area contributed by atoms with Crippen LogP contribution in [0, 0.1) is 16.7 Å². The molecule has 0 radical (unpaired) electrons. The molecule has 5 nitrogen and oxygen atoms in total. The molecular weight excluding hydrogens is 300 g/mol. The van der Waals surface area contributed by atoms with E-state index in [1.165, 1.54) is 6.42 Å². The third-order valence-electron chi connectivity index (χ3n) is 6.67. The van der Waals surface area contributed by atoms with Crippen molar-refractivity contribution >= 4 is 15.7 Å². The second-order valence-corrected chi connectivity index (χ2v) is 9.76. The number of fused-ring (bicyclic) bond motifs is 2. The molecule has 3 rings (SSSR count). The van der Waals surface area contributed by atoms with Gasteiger partial charge in [0.25, 0.3) is 0 Å². The molecule has 6 heteroatoms. The Hall–Kier alpha value is -0.620. The van der Waals surface area contributed by atoms with E-state index in [0.29, 0.717) is 11.6 Å². The number of oxime groups is 1. The van der Waals surface area contributed by atoms with Gasteiger partial charge < -0.3 is 5.21 Å². The van der Waals surface area contributed by atoms with Crippen LogP contribution in [0.1, 0.15) is 65.2 Å². The van der Waals surface area contributed by atoms with Crippen molar-refractivity contribution in [3.05, 3.63) is 0 Å². The van der Waals surface area contributed by atoms with Gasteiger partial charge in [-0.25, -0.2) is 13.1 Å². The smallest absolute Gasteiger partial charge is 0.212 e. The van der Waals surface area contributed by atoms with Crippen molar-refractivity contribution in [1.29, 1.82) is 0 Å². The van der Waals surface area contributed by atoms with Gasteiger partial charge in [0, 0.05) is 11.5 Å². The first-order valence-electron chi connectivity index (χ1n) is 8.52. The molecule has 0 aliphatic heterocycles. The minimum atomic E-state index is -3.36. The Bertz CT molecular complexity index is 564. The predicted octanol–water partition coefficient (Wildman–Crippen LogP) is 2.90. The minimum absolute atomic E-state index is 0.0688. The van der Waals surface area contributed by atoms with Crippen LogP contribution in [-0.2, 0) is 10.0 Å². The number of sulfonamides is 1. The Balaban J connectivity index is 1.80.